The van der Waals surface area contributed by atoms with E-state index < -0.39 is 4.92 Å². The Bertz CT molecular complexity index is 790. The molecular formula is C17H16N2O5. The molecule has 7 nitrogen and oxygen atoms in total. The van der Waals surface area contributed by atoms with Gasteiger partial charge in [-0.1, -0.05) is 12.1 Å². The minimum absolute atomic E-state index is 0.0972. The van der Waals surface area contributed by atoms with Crippen molar-refractivity contribution in [1.82, 2.24) is 4.90 Å². The standard InChI is InChI=1S/C17H16N2O5/c1-2-18(10-12-6-7-15-16(8-12)24-11-23-15)17(20)13-4-3-5-14(9-13)19(21)22/h3-9H,2,10-11H2,1H3. The van der Waals surface area contributed by atoms with E-state index in [1.807, 2.05) is 25.1 Å². The fraction of sp³-hybridized carbons (Fsp3) is 0.235. The summed E-state index contributed by atoms with van der Waals surface area (Å²) in [6.45, 7) is 2.93. The lowest BCUT2D eigenvalue weighted by Crippen LogP contribution is -2.30. The Balaban J connectivity index is 1.79. The number of nitrogens with zero attached hydrogens (tertiary/aromatic N) is 2. The van der Waals surface area contributed by atoms with Gasteiger partial charge in [-0.3, -0.25) is 14.9 Å². The number of benzene rings is 2. The molecule has 1 aliphatic rings. The van der Waals surface area contributed by atoms with Crippen molar-refractivity contribution in [1.29, 1.82) is 0 Å². The molecule has 124 valence electrons. The molecule has 7 heteroatoms. The molecule has 0 N–H and O–H groups in total. The van der Waals surface area contributed by atoms with Gasteiger partial charge in [0.1, 0.15) is 0 Å². The number of non-ortho nitro benzene ring substituents is 1. The van der Waals surface area contributed by atoms with Crippen LogP contribution in [0.4, 0.5) is 5.69 Å². The van der Waals surface area contributed by atoms with Gasteiger partial charge >= 0.3 is 0 Å². The van der Waals surface area contributed by atoms with Crippen LogP contribution in [0.5, 0.6) is 11.5 Å². The van der Waals surface area contributed by atoms with E-state index in [2.05, 4.69) is 0 Å². The van der Waals surface area contributed by atoms with Gasteiger partial charge in [-0.2, -0.15) is 0 Å². The third-order valence-electron chi connectivity index (χ3n) is 3.78. The maximum absolute atomic E-state index is 12.6. The first-order chi connectivity index (χ1) is 11.6. The molecule has 1 amide bonds. The molecule has 0 aromatic heterocycles. The second-order valence-electron chi connectivity index (χ2n) is 5.31. The molecule has 0 spiro atoms. The number of ether oxygens (including phenoxy) is 2. The van der Waals surface area contributed by atoms with E-state index >= 15 is 0 Å². The average molecular weight is 328 g/mol. The highest BCUT2D eigenvalue weighted by molar-refractivity contribution is 5.94. The first-order valence-electron chi connectivity index (χ1n) is 7.50. The lowest BCUT2D eigenvalue weighted by Gasteiger charge is -2.21. The van der Waals surface area contributed by atoms with Crippen molar-refractivity contribution in [2.45, 2.75) is 13.5 Å². The van der Waals surface area contributed by atoms with Crippen molar-refractivity contribution in [3.63, 3.8) is 0 Å². The Hall–Kier alpha value is -3.09. The fourth-order valence-corrected chi connectivity index (χ4v) is 2.52. The van der Waals surface area contributed by atoms with Gasteiger partial charge in [0, 0.05) is 30.8 Å². The quantitative estimate of drug-likeness (QED) is 0.622. The number of carbonyl (C=O) groups is 1. The molecule has 0 saturated heterocycles. The molecule has 1 aliphatic heterocycles. The molecule has 0 aliphatic carbocycles. The third kappa shape index (κ3) is 3.15. The van der Waals surface area contributed by atoms with Crippen molar-refractivity contribution >= 4 is 11.6 Å². The summed E-state index contributed by atoms with van der Waals surface area (Å²) in [5.74, 6) is 1.09. The van der Waals surface area contributed by atoms with Crippen molar-refractivity contribution in [2.24, 2.45) is 0 Å². The number of amides is 1. The third-order valence-corrected chi connectivity index (χ3v) is 3.78. The monoisotopic (exact) mass is 328 g/mol. The van der Waals surface area contributed by atoms with Crippen LogP contribution in [-0.4, -0.2) is 29.1 Å². The van der Waals surface area contributed by atoms with Crippen LogP contribution in [-0.2, 0) is 6.54 Å². The fourth-order valence-electron chi connectivity index (χ4n) is 2.52. The Labute approximate surface area is 138 Å². The van der Waals surface area contributed by atoms with E-state index in [0.29, 0.717) is 30.2 Å². The van der Waals surface area contributed by atoms with Crippen LogP contribution >= 0.6 is 0 Å². The largest absolute Gasteiger partial charge is 0.454 e. The zero-order valence-electron chi connectivity index (χ0n) is 13.1. The second-order valence-corrected chi connectivity index (χ2v) is 5.31. The van der Waals surface area contributed by atoms with Crippen LogP contribution in [0.2, 0.25) is 0 Å². The maximum atomic E-state index is 12.6. The molecule has 2 aromatic carbocycles. The van der Waals surface area contributed by atoms with Gasteiger partial charge in [-0.05, 0) is 30.7 Å². The van der Waals surface area contributed by atoms with Crippen LogP contribution in [0.3, 0.4) is 0 Å². The molecule has 1 heterocycles. The maximum Gasteiger partial charge on any atom is 0.270 e. The summed E-state index contributed by atoms with van der Waals surface area (Å²) < 4.78 is 10.6. The average Bonchev–Trinajstić information content (AvgIpc) is 3.07. The molecule has 0 saturated carbocycles. The zero-order chi connectivity index (χ0) is 17.1. The van der Waals surface area contributed by atoms with E-state index in [0.717, 1.165) is 5.56 Å². The van der Waals surface area contributed by atoms with E-state index in [4.69, 9.17) is 9.47 Å². The van der Waals surface area contributed by atoms with Crippen LogP contribution < -0.4 is 9.47 Å². The van der Waals surface area contributed by atoms with E-state index in [1.54, 1.807) is 11.0 Å². The highest BCUT2D eigenvalue weighted by Crippen LogP contribution is 2.32. The first-order valence-corrected chi connectivity index (χ1v) is 7.50. The lowest BCUT2D eigenvalue weighted by atomic mass is 10.1. The van der Waals surface area contributed by atoms with Crippen LogP contribution in [0.25, 0.3) is 0 Å². The topological polar surface area (TPSA) is 81.9 Å². The SMILES string of the molecule is CCN(Cc1ccc2c(c1)OCO2)C(=O)c1cccc([N+](=O)[O-])c1. The Kier molecular flexibility index (Phi) is 4.33. The minimum Gasteiger partial charge on any atom is -0.454 e. The predicted molar refractivity (Wildman–Crippen MR) is 86.1 cm³/mol. The van der Waals surface area contributed by atoms with E-state index in [1.165, 1.54) is 18.2 Å². The van der Waals surface area contributed by atoms with Crippen LogP contribution in [0, 0.1) is 10.1 Å². The summed E-state index contributed by atoms with van der Waals surface area (Å²) in [5, 5.41) is 10.9. The predicted octanol–water partition coefficient (Wildman–Crippen LogP) is 2.99. The summed E-state index contributed by atoms with van der Waals surface area (Å²) in [7, 11) is 0. The van der Waals surface area contributed by atoms with Crippen molar-refractivity contribution in [2.75, 3.05) is 13.3 Å². The Morgan fingerprint density at radius 2 is 2.00 bits per heavy atom. The van der Waals surface area contributed by atoms with Gasteiger partial charge < -0.3 is 14.4 Å². The number of fused-ring (bicyclic) bond motifs is 1. The van der Waals surface area contributed by atoms with Crippen molar-refractivity contribution in [3.05, 3.63) is 63.7 Å². The molecule has 0 bridgehead atoms. The van der Waals surface area contributed by atoms with Gasteiger partial charge in [-0.15, -0.1) is 0 Å². The van der Waals surface area contributed by atoms with Gasteiger partial charge in [-0.25, -0.2) is 0 Å². The molecule has 3 rings (SSSR count). The van der Waals surface area contributed by atoms with Crippen LogP contribution in [0.1, 0.15) is 22.8 Å². The number of hydrogen-bond donors (Lipinski definition) is 0. The summed E-state index contributed by atoms with van der Waals surface area (Å²) in [6.07, 6.45) is 0. The number of nitro groups is 1. The highest BCUT2D eigenvalue weighted by atomic mass is 16.7. The van der Waals surface area contributed by atoms with Gasteiger partial charge in [0.2, 0.25) is 6.79 Å². The Morgan fingerprint density at radius 3 is 2.75 bits per heavy atom. The molecule has 0 radical (unpaired) electrons. The molecule has 0 atom stereocenters. The van der Waals surface area contributed by atoms with Crippen molar-refractivity contribution in [3.8, 4) is 11.5 Å². The smallest absolute Gasteiger partial charge is 0.270 e. The summed E-state index contributed by atoms with van der Waals surface area (Å²) >= 11 is 0. The summed E-state index contributed by atoms with van der Waals surface area (Å²) in [4.78, 5) is 24.6. The zero-order valence-corrected chi connectivity index (χ0v) is 13.1. The van der Waals surface area contributed by atoms with Crippen LogP contribution in [0.15, 0.2) is 42.5 Å². The minimum atomic E-state index is -0.509. The second kappa shape index (κ2) is 6.57. The number of nitro benzene ring substituents is 1. The van der Waals surface area contributed by atoms with Gasteiger partial charge in [0.05, 0.1) is 4.92 Å². The molecular weight excluding hydrogens is 312 g/mol. The molecule has 0 fully saturated rings. The van der Waals surface area contributed by atoms with E-state index in [9.17, 15) is 14.9 Å². The van der Waals surface area contributed by atoms with Gasteiger partial charge in [0.25, 0.3) is 11.6 Å². The number of carbonyl (C=O) groups excluding carboxylic acids is 1. The molecule has 24 heavy (non-hydrogen) atoms. The Morgan fingerprint density at radius 1 is 1.21 bits per heavy atom. The first kappa shape index (κ1) is 15.8. The normalized spacial score (nSPS) is 12.0. The lowest BCUT2D eigenvalue weighted by molar-refractivity contribution is -0.384. The van der Waals surface area contributed by atoms with Crippen molar-refractivity contribution < 1.29 is 19.2 Å². The number of hydrogen-bond acceptors (Lipinski definition) is 5. The highest BCUT2D eigenvalue weighted by Gasteiger charge is 2.19. The summed E-state index contributed by atoms with van der Waals surface area (Å²) in [6, 6.07) is 11.3. The van der Waals surface area contributed by atoms with Gasteiger partial charge in [0.15, 0.2) is 11.5 Å². The van der Waals surface area contributed by atoms with E-state index in [-0.39, 0.29) is 18.4 Å². The number of rotatable bonds is 5. The molecule has 0 unspecified atom stereocenters. The molecule has 2 aromatic rings. The summed E-state index contributed by atoms with van der Waals surface area (Å²) in [5.41, 5.74) is 1.10.